The first-order valence-electron chi connectivity index (χ1n) is 6.42. The van der Waals surface area contributed by atoms with Crippen LogP contribution in [-0.2, 0) is 10.9 Å². The minimum absolute atomic E-state index is 0.000541. The van der Waals surface area contributed by atoms with Gasteiger partial charge < -0.3 is 10.1 Å². The van der Waals surface area contributed by atoms with E-state index in [-0.39, 0.29) is 12.0 Å². The predicted octanol–water partition coefficient (Wildman–Crippen LogP) is 1.63. The van der Waals surface area contributed by atoms with Gasteiger partial charge in [-0.1, -0.05) is 0 Å². The van der Waals surface area contributed by atoms with Crippen molar-refractivity contribution in [2.45, 2.75) is 19.1 Å². The number of halogens is 3. The van der Waals surface area contributed by atoms with Crippen molar-refractivity contribution >= 4 is 5.95 Å². The second kappa shape index (κ2) is 6.36. The zero-order chi connectivity index (χ0) is 14.6. The summed E-state index contributed by atoms with van der Waals surface area (Å²) in [5.74, 6) is 0.000541. The summed E-state index contributed by atoms with van der Waals surface area (Å²) in [4.78, 5) is 9.50. The van der Waals surface area contributed by atoms with Crippen LogP contribution in [0.25, 0.3) is 0 Å². The third-order valence-corrected chi connectivity index (χ3v) is 2.96. The third kappa shape index (κ3) is 4.31. The number of rotatable bonds is 4. The Morgan fingerprint density at radius 3 is 2.75 bits per heavy atom. The molecular weight excluding hydrogens is 273 g/mol. The van der Waals surface area contributed by atoms with Crippen LogP contribution in [0.5, 0.6) is 0 Å². The summed E-state index contributed by atoms with van der Waals surface area (Å²) in [5.41, 5.74) is -0.937. The first-order valence-corrected chi connectivity index (χ1v) is 6.42. The summed E-state index contributed by atoms with van der Waals surface area (Å²) in [6.45, 7) is 5.63. The first kappa shape index (κ1) is 15.0. The molecule has 1 aromatic rings. The van der Waals surface area contributed by atoms with Gasteiger partial charge in [0.25, 0.3) is 0 Å². The summed E-state index contributed by atoms with van der Waals surface area (Å²) in [6.07, 6.45) is -3.34. The fourth-order valence-electron chi connectivity index (χ4n) is 2.02. The molecule has 1 aliphatic rings. The lowest BCUT2D eigenvalue weighted by Crippen LogP contribution is -2.42. The summed E-state index contributed by atoms with van der Waals surface area (Å²) < 4.78 is 42.9. The third-order valence-electron chi connectivity index (χ3n) is 2.96. The van der Waals surface area contributed by atoms with E-state index in [1.54, 1.807) is 0 Å². The van der Waals surface area contributed by atoms with E-state index in [9.17, 15) is 13.2 Å². The maximum absolute atomic E-state index is 12.5. The Morgan fingerprint density at radius 1 is 1.40 bits per heavy atom. The quantitative estimate of drug-likeness (QED) is 0.913. The van der Waals surface area contributed by atoms with Crippen molar-refractivity contribution in [3.8, 4) is 0 Å². The Labute approximate surface area is 115 Å². The number of anilines is 1. The number of hydrogen-bond donors (Lipinski definition) is 1. The molecule has 0 saturated carbocycles. The van der Waals surface area contributed by atoms with E-state index < -0.39 is 11.9 Å². The van der Waals surface area contributed by atoms with Crippen molar-refractivity contribution in [1.82, 2.24) is 14.9 Å². The van der Waals surface area contributed by atoms with Gasteiger partial charge in [0.1, 0.15) is 5.69 Å². The highest BCUT2D eigenvalue weighted by molar-refractivity contribution is 5.27. The van der Waals surface area contributed by atoms with Crippen LogP contribution < -0.4 is 5.32 Å². The number of hydrogen-bond acceptors (Lipinski definition) is 5. The Bertz CT molecular complexity index is 435. The number of alkyl halides is 3. The van der Waals surface area contributed by atoms with E-state index in [0.717, 1.165) is 25.4 Å². The number of aromatic nitrogens is 2. The van der Waals surface area contributed by atoms with Crippen LogP contribution in [-0.4, -0.2) is 53.8 Å². The molecule has 0 bridgehead atoms. The van der Waals surface area contributed by atoms with Crippen LogP contribution in [0.2, 0.25) is 0 Å². The smallest absolute Gasteiger partial charge is 0.379 e. The lowest BCUT2D eigenvalue weighted by Gasteiger charge is -2.29. The predicted molar refractivity (Wildman–Crippen MR) is 67.4 cm³/mol. The van der Waals surface area contributed by atoms with Crippen LogP contribution in [0, 0.1) is 0 Å². The maximum atomic E-state index is 12.5. The van der Waals surface area contributed by atoms with Crippen LogP contribution in [0.4, 0.5) is 19.1 Å². The van der Waals surface area contributed by atoms with E-state index in [1.807, 2.05) is 6.92 Å². The highest BCUT2D eigenvalue weighted by Gasteiger charge is 2.32. The molecule has 8 heteroatoms. The summed E-state index contributed by atoms with van der Waals surface area (Å²) in [6, 6.07) is 0.814. The van der Waals surface area contributed by atoms with E-state index >= 15 is 0 Å². The molecule has 1 aromatic heterocycles. The number of nitrogens with one attached hydrogen (secondary N) is 1. The Balaban J connectivity index is 1.92. The average Bonchev–Trinajstić information content (AvgIpc) is 2.39. The van der Waals surface area contributed by atoms with Crippen molar-refractivity contribution in [2.24, 2.45) is 0 Å². The normalized spacial score (nSPS) is 18.8. The highest BCUT2D eigenvalue weighted by atomic mass is 19.4. The van der Waals surface area contributed by atoms with Crippen LogP contribution in [0.3, 0.4) is 0 Å². The highest BCUT2D eigenvalue weighted by Crippen LogP contribution is 2.27. The van der Waals surface area contributed by atoms with Crippen LogP contribution in [0.1, 0.15) is 12.6 Å². The summed E-state index contributed by atoms with van der Waals surface area (Å²) in [5, 5.41) is 2.90. The van der Waals surface area contributed by atoms with Crippen molar-refractivity contribution in [3.63, 3.8) is 0 Å². The molecule has 0 aromatic carbocycles. The molecule has 2 rings (SSSR count). The van der Waals surface area contributed by atoms with Gasteiger partial charge in [-0.05, 0) is 13.0 Å². The van der Waals surface area contributed by atoms with E-state index in [1.165, 1.54) is 0 Å². The van der Waals surface area contributed by atoms with Crippen molar-refractivity contribution in [2.75, 3.05) is 38.2 Å². The lowest BCUT2D eigenvalue weighted by atomic mass is 10.3. The van der Waals surface area contributed by atoms with E-state index in [4.69, 9.17) is 4.74 Å². The fourth-order valence-corrected chi connectivity index (χ4v) is 2.02. The van der Waals surface area contributed by atoms with Gasteiger partial charge in [0.05, 0.1) is 13.2 Å². The van der Waals surface area contributed by atoms with E-state index in [2.05, 4.69) is 20.2 Å². The van der Waals surface area contributed by atoms with Gasteiger partial charge in [-0.15, -0.1) is 0 Å². The SMILES string of the molecule is CC(CN1CCOCC1)Nc1nccc(C(F)(F)F)n1. The molecule has 1 aliphatic heterocycles. The van der Waals surface area contributed by atoms with Crippen molar-refractivity contribution in [3.05, 3.63) is 18.0 Å². The lowest BCUT2D eigenvalue weighted by molar-refractivity contribution is -0.141. The second-order valence-electron chi connectivity index (χ2n) is 4.72. The number of nitrogens with zero attached hydrogens (tertiary/aromatic N) is 3. The Morgan fingerprint density at radius 2 is 2.10 bits per heavy atom. The standard InChI is InChI=1S/C12H17F3N4O/c1-9(8-19-4-6-20-7-5-19)17-11-16-3-2-10(18-11)12(13,14)15/h2-3,9H,4-8H2,1H3,(H,16,17,18). The largest absolute Gasteiger partial charge is 0.433 e. The van der Waals surface area contributed by atoms with Gasteiger partial charge in [0.15, 0.2) is 0 Å². The first-order chi connectivity index (χ1) is 9.45. The van der Waals surface area contributed by atoms with E-state index in [0.29, 0.717) is 19.8 Å². The molecule has 1 fully saturated rings. The van der Waals surface area contributed by atoms with Gasteiger partial charge in [-0.2, -0.15) is 13.2 Å². The molecule has 0 aliphatic carbocycles. The Kier molecular flexibility index (Phi) is 4.77. The van der Waals surface area contributed by atoms with Crippen molar-refractivity contribution < 1.29 is 17.9 Å². The average molecular weight is 290 g/mol. The molecule has 1 atom stereocenters. The summed E-state index contributed by atoms with van der Waals surface area (Å²) >= 11 is 0. The van der Waals surface area contributed by atoms with Crippen molar-refractivity contribution in [1.29, 1.82) is 0 Å². The maximum Gasteiger partial charge on any atom is 0.433 e. The fraction of sp³-hybridized carbons (Fsp3) is 0.667. The zero-order valence-corrected chi connectivity index (χ0v) is 11.2. The molecule has 1 saturated heterocycles. The number of ether oxygens (including phenoxy) is 1. The molecule has 0 amide bonds. The molecule has 112 valence electrons. The molecule has 0 spiro atoms. The zero-order valence-electron chi connectivity index (χ0n) is 11.2. The summed E-state index contributed by atoms with van der Waals surface area (Å²) in [7, 11) is 0. The second-order valence-corrected chi connectivity index (χ2v) is 4.72. The minimum atomic E-state index is -4.45. The van der Waals surface area contributed by atoms with Gasteiger partial charge in [-0.25, -0.2) is 9.97 Å². The molecule has 5 nitrogen and oxygen atoms in total. The van der Waals surface area contributed by atoms with Gasteiger partial charge in [-0.3, -0.25) is 4.90 Å². The molecular formula is C12H17F3N4O. The molecule has 1 unspecified atom stereocenters. The monoisotopic (exact) mass is 290 g/mol. The van der Waals surface area contributed by atoms with Crippen LogP contribution in [0.15, 0.2) is 12.3 Å². The molecule has 20 heavy (non-hydrogen) atoms. The van der Waals surface area contributed by atoms with Gasteiger partial charge in [0.2, 0.25) is 5.95 Å². The Hall–Kier alpha value is -1.41. The molecule has 0 radical (unpaired) electrons. The number of morpholine rings is 1. The minimum Gasteiger partial charge on any atom is -0.379 e. The molecule has 1 N–H and O–H groups in total. The van der Waals surface area contributed by atoms with Gasteiger partial charge >= 0.3 is 6.18 Å². The topological polar surface area (TPSA) is 50.3 Å². The van der Waals surface area contributed by atoms with Crippen LogP contribution >= 0.6 is 0 Å². The van der Waals surface area contributed by atoms with Gasteiger partial charge in [0, 0.05) is 31.9 Å². The molecule has 2 heterocycles.